The first-order chi connectivity index (χ1) is 8.68. The first-order valence-electron chi connectivity index (χ1n) is 5.74. The van der Waals surface area contributed by atoms with Gasteiger partial charge >= 0.3 is 5.97 Å². The van der Waals surface area contributed by atoms with Crippen LogP contribution in [0.2, 0.25) is 0 Å². The van der Waals surface area contributed by atoms with Crippen LogP contribution in [0.25, 0.3) is 0 Å². The van der Waals surface area contributed by atoms with E-state index in [9.17, 15) is 14.4 Å². The SMILES string of the molecule is O=C(OCC(=O)N1CCCC1=O)c1ccccc1. The molecule has 1 fully saturated rings. The van der Waals surface area contributed by atoms with Crippen molar-refractivity contribution in [3.8, 4) is 0 Å². The Labute approximate surface area is 104 Å². The monoisotopic (exact) mass is 247 g/mol. The third kappa shape index (κ3) is 2.74. The summed E-state index contributed by atoms with van der Waals surface area (Å²) < 4.78 is 4.87. The van der Waals surface area contributed by atoms with Gasteiger partial charge in [-0.1, -0.05) is 18.2 Å². The molecule has 5 heteroatoms. The lowest BCUT2D eigenvalue weighted by molar-refractivity contribution is -0.143. The Kier molecular flexibility index (Phi) is 3.72. The quantitative estimate of drug-likeness (QED) is 0.747. The molecule has 1 saturated heterocycles. The zero-order valence-corrected chi connectivity index (χ0v) is 9.80. The molecule has 1 aromatic carbocycles. The molecule has 1 aromatic rings. The van der Waals surface area contributed by atoms with Crippen molar-refractivity contribution in [3.05, 3.63) is 35.9 Å². The summed E-state index contributed by atoms with van der Waals surface area (Å²) in [5, 5.41) is 0. The van der Waals surface area contributed by atoms with Gasteiger partial charge in [0, 0.05) is 13.0 Å². The second kappa shape index (κ2) is 5.44. The number of esters is 1. The van der Waals surface area contributed by atoms with Crippen LogP contribution in [0.5, 0.6) is 0 Å². The molecule has 1 aliphatic rings. The molecular weight excluding hydrogens is 234 g/mol. The molecule has 0 saturated carbocycles. The van der Waals surface area contributed by atoms with Gasteiger partial charge in [0.1, 0.15) is 0 Å². The number of benzene rings is 1. The van der Waals surface area contributed by atoms with E-state index in [2.05, 4.69) is 0 Å². The van der Waals surface area contributed by atoms with Gasteiger partial charge in [0.05, 0.1) is 5.56 Å². The molecule has 0 N–H and O–H groups in total. The van der Waals surface area contributed by atoms with Crippen molar-refractivity contribution in [1.29, 1.82) is 0 Å². The fraction of sp³-hybridized carbons (Fsp3) is 0.308. The van der Waals surface area contributed by atoms with Gasteiger partial charge in [-0.25, -0.2) is 4.79 Å². The number of nitrogens with zero attached hydrogens (tertiary/aromatic N) is 1. The summed E-state index contributed by atoms with van der Waals surface area (Å²) in [4.78, 5) is 35.6. The molecule has 1 heterocycles. The summed E-state index contributed by atoms with van der Waals surface area (Å²) in [6.07, 6.45) is 1.07. The summed E-state index contributed by atoms with van der Waals surface area (Å²) in [6.45, 7) is 0.0278. The van der Waals surface area contributed by atoms with E-state index in [-0.39, 0.29) is 12.5 Å². The van der Waals surface area contributed by atoms with Crippen molar-refractivity contribution in [3.63, 3.8) is 0 Å². The molecule has 0 atom stereocenters. The van der Waals surface area contributed by atoms with Gasteiger partial charge in [0.25, 0.3) is 5.91 Å². The number of ether oxygens (including phenoxy) is 1. The zero-order chi connectivity index (χ0) is 13.0. The number of carbonyl (C=O) groups is 3. The Balaban J connectivity index is 1.86. The number of amides is 2. The molecule has 2 rings (SSSR count). The highest BCUT2D eigenvalue weighted by Crippen LogP contribution is 2.10. The van der Waals surface area contributed by atoms with Crippen LogP contribution in [0.1, 0.15) is 23.2 Å². The van der Waals surface area contributed by atoms with Crippen molar-refractivity contribution < 1.29 is 19.1 Å². The first-order valence-corrected chi connectivity index (χ1v) is 5.74. The lowest BCUT2D eigenvalue weighted by atomic mass is 10.2. The van der Waals surface area contributed by atoms with Crippen LogP contribution >= 0.6 is 0 Å². The van der Waals surface area contributed by atoms with Crippen LogP contribution in [-0.2, 0) is 14.3 Å². The summed E-state index contributed by atoms with van der Waals surface area (Å²) in [5.74, 6) is -1.21. The van der Waals surface area contributed by atoms with Crippen LogP contribution in [-0.4, -0.2) is 35.8 Å². The van der Waals surface area contributed by atoms with E-state index in [1.807, 2.05) is 0 Å². The standard InChI is InChI=1S/C13H13NO4/c15-11-7-4-8-14(11)12(16)9-18-13(17)10-5-2-1-3-6-10/h1-3,5-6H,4,7-9H2. The van der Waals surface area contributed by atoms with Crippen molar-refractivity contribution in [1.82, 2.24) is 4.90 Å². The van der Waals surface area contributed by atoms with Crippen LogP contribution in [0, 0.1) is 0 Å². The zero-order valence-electron chi connectivity index (χ0n) is 9.80. The Morgan fingerprint density at radius 3 is 2.56 bits per heavy atom. The Morgan fingerprint density at radius 2 is 1.94 bits per heavy atom. The van der Waals surface area contributed by atoms with Gasteiger partial charge in [-0.15, -0.1) is 0 Å². The molecule has 0 aliphatic carbocycles. The van der Waals surface area contributed by atoms with Gasteiger partial charge in [-0.3, -0.25) is 14.5 Å². The minimum Gasteiger partial charge on any atom is -0.452 e. The third-order valence-electron chi connectivity index (χ3n) is 2.71. The topological polar surface area (TPSA) is 63.7 Å². The minimum atomic E-state index is -0.560. The van der Waals surface area contributed by atoms with Crippen molar-refractivity contribution in [2.24, 2.45) is 0 Å². The molecule has 2 amide bonds. The van der Waals surface area contributed by atoms with E-state index in [1.165, 1.54) is 0 Å². The first kappa shape index (κ1) is 12.3. The fourth-order valence-electron chi connectivity index (χ4n) is 1.77. The largest absolute Gasteiger partial charge is 0.452 e. The molecular formula is C13H13NO4. The molecule has 0 aromatic heterocycles. The number of likely N-dealkylation sites (tertiary alicyclic amines) is 1. The highest BCUT2D eigenvalue weighted by atomic mass is 16.5. The van der Waals surface area contributed by atoms with Crippen LogP contribution < -0.4 is 0 Å². The maximum Gasteiger partial charge on any atom is 0.338 e. The van der Waals surface area contributed by atoms with Gasteiger partial charge in [0.2, 0.25) is 5.91 Å². The Hall–Kier alpha value is -2.17. The predicted octanol–water partition coefficient (Wildman–Crippen LogP) is 0.992. The number of rotatable bonds is 3. The molecule has 5 nitrogen and oxygen atoms in total. The van der Waals surface area contributed by atoms with Crippen molar-refractivity contribution in [2.45, 2.75) is 12.8 Å². The van der Waals surface area contributed by atoms with E-state index in [0.717, 1.165) is 4.90 Å². The van der Waals surface area contributed by atoms with Gasteiger partial charge in [-0.05, 0) is 18.6 Å². The Morgan fingerprint density at radius 1 is 1.22 bits per heavy atom. The van der Waals surface area contributed by atoms with Crippen molar-refractivity contribution in [2.75, 3.05) is 13.2 Å². The molecule has 0 bridgehead atoms. The number of imide groups is 1. The average Bonchev–Trinajstić information content (AvgIpc) is 2.83. The van der Waals surface area contributed by atoms with E-state index in [1.54, 1.807) is 30.3 Å². The summed E-state index contributed by atoms with van der Waals surface area (Å²) in [5.41, 5.74) is 0.387. The predicted molar refractivity (Wildman–Crippen MR) is 62.7 cm³/mol. The van der Waals surface area contributed by atoms with Crippen LogP contribution in [0.15, 0.2) is 30.3 Å². The second-order valence-corrected chi connectivity index (χ2v) is 3.98. The molecule has 0 spiro atoms. The Bertz CT molecular complexity index is 469. The summed E-state index contributed by atoms with van der Waals surface area (Å²) >= 11 is 0. The molecule has 18 heavy (non-hydrogen) atoms. The maximum absolute atomic E-state index is 11.6. The maximum atomic E-state index is 11.6. The smallest absolute Gasteiger partial charge is 0.338 e. The van der Waals surface area contributed by atoms with Crippen LogP contribution in [0.3, 0.4) is 0 Å². The van der Waals surface area contributed by atoms with E-state index in [4.69, 9.17) is 4.74 Å². The highest BCUT2D eigenvalue weighted by Gasteiger charge is 2.26. The van der Waals surface area contributed by atoms with Crippen molar-refractivity contribution >= 4 is 17.8 Å². The number of hydrogen-bond acceptors (Lipinski definition) is 4. The minimum absolute atomic E-state index is 0.198. The van der Waals surface area contributed by atoms with Crippen LogP contribution in [0.4, 0.5) is 0 Å². The van der Waals surface area contributed by atoms with E-state index in [0.29, 0.717) is 24.9 Å². The van der Waals surface area contributed by atoms with E-state index >= 15 is 0 Å². The van der Waals surface area contributed by atoms with Gasteiger partial charge in [0.15, 0.2) is 6.61 Å². The lowest BCUT2D eigenvalue weighted by Crippen LogP contribution is -2.35. The highest BCUT2D eigenvalue weighted by molar-refractivity contribution is 5.98. The number of hydrogen-bond donors (Lipinski definition) is 0. The molecule has 94 valence electrons. The molecule has 0 radical (unpaired) electrons. The number of carbonyl (C=O) groups excluding carboxylic acids is 3. The van der Waals surface area contributed by atoms with E-state index < -0.39 is 11.9 Å². The van der Waals surface area contributed by atoms with Gasteiger partial charge in [-0.2, -0.15) is 0 Å². The molecule has 1 aliphatic heterocycles. The summed E-state index contributed by atoms with van der Waals surface area (Å²) in [6, 6.07) is 8.41. The second-order valence-electron chi connectivity index (χ2n) is 3.98. The average molecular weight is 247 g/mol. The lowest BCUT2D eigenvalue weighted by Gasteiger charge is -2.13. The van der Waals surface area contributed by atoms with Gasteiger partial charge < -0.3 is 4.74 Å². The summed E-state index contributed by atoms with van der Waals surface area (Å²) in [7, 11) is 0. The third-order valence-corrected chi connectivity index (χ3v) is 2.71. The fourth-order valence-corrected chi connectivity index (χ4v) is 1.77. The molecule has 0 unspecified atom stereocenters. The normalized spacial score (nSPS) is 14.7.